The maximum Gasteiger partial charge on any atom is 0.163 e. The highest BCUT2D eigenvalue weighted by Crippen LogP contribution is 2.24. The molecule has 0 N–H and O–H groups in total. The molecule has 0 amide bonds. The van der Waals surface area contributed by atoms with Gasteiger partial charge in [0.05, 0.1) is 5.02 Å². The largest absolute Gasteiger partial charge is 0.294 e. The van der Waals surface area contributed by atoms with Crippen molar-refractivity contribution in [3.8, 4) is 0 Å². The summed E-state index contributed by atoms with van der Waals surface area (Å²) in [5.41, 5.74) is 1.84. The van der Waals surface area contributed by atoms with E-state index in [2.05, 4.69) is 15.9 Å². The number of benzene rings is 2. The molecule has 0 saturated carbocycles. The Morgan fingerprint density at radius 3 is 2.50 bits per heavy atom. The van der Waals surface area contributed by atoms with Crippen LogP contribution in [0.3, 0.4) is 0 Å². The molecule has 0 spiro atoms. The minimum atomic E-state index is 0.119. The molecule has 0 saturated heterocycles. The Balaban J connectivity index is 2.02. The van der Waals surface area contributed by atoms with E-state index in [4.69, 9.17) is 11.6 Å². The van der Waals surface area contributed by atoms with E-state index < -0.39 is 0 Å². The summed E-state index contributed by atoms with van der Waals surface area (Å²) in [6.07, 6.45) is 1.26. The second kappa shape index (κ2) is 6.17. The van der Waals surface area contributed by atoms with Crippen molar-refractivity contribution in [2.45, 2.75) is 12.8 Å². The lowest BCUT2D eigenvalue weighted by molar-refractivity contribution is 0.0983. The van der Waals surface area contributed by atoms with Crippen LogP contribution < -0.4 is 0 Å². The van der Waals surface area contributed by atoms with Crippen molar-refractivity contribution in [1.82, 2.24) is 0 Å². The Morgan fingerprint density at radius 1 is 1.11 bits per heavy atom. The Bertz CT molecular complexity index is 552. The molecule has 0 aliphatic carbocycles. The van der Waals surface area contributed by atoms with Crippen LogP contribution in [0.15, 0.2) is 53.0 Å². The van der Waals surface area contributed by atoms with E-state index in [-0.39, 0.29) is 5.78 Å². The van der Waals surface area contributed by atoms with Gasteiger partial charge in [0.1, 0.15) is 0 Å². The van der Waals surface area contributed by atoms with Crippen molar-refractivity contribution in [2.24, 2.45) is 0 Å². The molecule has 0 fully saturated rings. The zero-order chi connectivity index (χ0) is 13.0. The zero-order valence-corrected chi connectivity index (χ0v) is 12.0. The third-order valence-corrected chi connectivity index (χ3v) is 3.96. The van der Waals surface area contributed by atoms with Crippen LogP contribution in [0.25, 0.3) is 0 Å². The number of aryl methyl sites for hydroxylation is 1. The highest BCUT2D eigenvalue weighted by Gasteiger charge is 2.08. The summed E-state index contributed by atoms with van der Waals surface area (Å²) < 4.78 is 0.809. The summed E-state index contributed by atoms with van der Waals surface area (Å²) in [6.45, 7) is 0. The molecular weight excluding hydrogens is 312 g/mol. The smallest absolute Gasteiger partial charge is 0.163 e. The van der Waals surface area contributed by atoms with Gasteiger partial charge in [-0.2, -0.15) is 0 Å². The summed E-state index contributed by atoms with van der Waals surface area (Å²) >= 11 is 9.29. The lowest BCUT2D eigenvalue weighted by Crippen LogP contribution is -2.01. The van der Waals surface area contributed by atoms with Crippen LogP contribution in [0.1, 0.15) is 22.3 Å². The molecule has 2 aromatic carbocycles. The van der Waals surface area contributed by atoms with E-state index in [9.17, 15) is 4.79 Å². The van der Waals surface area contributed by atoms with Gasteiger partial charge in [-0.05, 0) is 40.0 Å². The first kappa shape index (κ1) is 13.3. The quantitative estimate of drug-likeness (QED) is 0.730. The Kier molecular flexibility index (Phi) is 4.56. The molecule has 0 atom stereocenters. The second-order valence-corrected chi connectivity index (χ2v) is 5.30. The van der Waals surface area contributed by atoms with Crippen molar-refractivity contribution in [3.63, 3.8) is 0 Å². The lowest BCUT2D eigenvalue weighted by atomic mass is 10.0. The number of carbonyl (C=O) groups excluding carboxylic acids is 1. The SMILES string of the molecule is O=C(CCc1ccccc1)c1ccc(Br)c(Cl)c1. The zero-order valence-electron chi connectivity index (χ0n) is 9.70. The molecule has 92 valence electrons. The summed E-state index contributed by atoms with van der Waals surface area (Å²) in [4.78, 5) is 12.0. The van der Waals surface area contributed by atoms with Gasteiger partial charge in [0.15, 0.2) is 5.78 Å². The van der Waals surface area contributed by atoms with E-state index in [1.807, 2.05) is 30.3 Å². The highest BCUT2D eigenvalue weighted by molar-refractivity contribution is 9.10. The van der Waals surface area contributed by atoms with Crippen LogP contribution >= 0.6 is 27.5 Å². The normalized spacial score (nSPS) is 10.3. The molecular formula is C15H12BrClO. The molecule has 0 aromatic heterocycles. The van der Waals surface area contributed by atoms with Crippen LogP contribution in [0.5, 0.6) is 0 Å². The molecule has 18 heavy (non-hydrogen) atoms. The van der Waals surface area contributed by atoms with Crippen molar-refractivity contribution in [3.05, 3.63) is 69.2 Å². The highest BCUT2D eigenvalue weighted by atomic mass is 79.9. The van der Waals surface area contributed by atoms with Gasteiger partial charge in [0.25, 0.3) is 0 Å². The van der Waals surface area contributed by atoms with Crippen molar-refractivity contribution >= 4 is 33.3 Å². The van der Waals surface area contributed by atoms with Gasteiger partial charge in [0, 0.05) is 16.5 Å². The van der Waals surface area contributed by atoms with Crippen LogP contribution in [-0.2, 0) is 6.42 Å². The first-order valence-electron chi connectivity index (χ1n) is 5.69. The fourth-order valence-corrected chi connectivity index (χ4v) is 2.14. The first-order valence-corrected chi connectivity index (χ1v) is 6.86. The summed E-state index contributed by atoms with van der Waals surface area (Å²) in [6, 6.07) is 15.3. The van der Waals surface area contributed by atoms with E-state index in [1.54, 1.807) is 18.2 Å². The van der Waals surface area contributed by atoms with Crippen LogP contribution in [-0.4, -0.2) is 5.78 Å². The van der Waals surface area contributed by atoms with Gasteiger partial charge in [-0.25, -0.2) is 0 Å². The van der Waals surface area contributed by atoms with Gasteiger partial charge in [-0.3, -0.25) is 4.79 Å². The number of halogens is 2. The van der Waals surface area contributed by atoms with Gasteiger partial charge < -0.3 is 0 Å². The fraction of sp³-hybridized carbons (Fsp3) is 0.133. The van der Waals surface area contributed by atoms with Gasteiger partial charge >= 0.3 is 0 Å². The maximum atomic E-state index is 12.0. The summed E-state index contributed by atoms with van der Waals surface area (Å²) in [5.74, 6) is 0.119. The van der Waals surface area contributed by atoms with Gasteiger partial charge in [-0.1, -0.05) is 48.0 Å². The average Bonchev–Trinajstić information content (AvgIpc) is 2.40. The Hall–Kier alpha value is -1.12. The minimum absolute atomic E-state index is 0.119. The van der Waals surface area contributed by atoms with Crippen LogP contribution in [0.2, 0.25) is 5.02 Å². The van der Waals surface area contributed by atoms with Crippen molar-refractivity contribution in [1.29, 1.82) is 0 Å². The third-order valence-electron chi connectivity index (χ3n) is 2.73. The van der Waals surface area contributed by atoms with E-state index in [0.29, 0.717) is 17.0 Å². The summed E-state index contributed by atoms with van der Waals surface area (Å²) in [5, 5.41) is 0.570. The number of hydrogen-bond acceptors (Lipinski definition) is 1. The number of Topliss-reactive ketones (excluding diaryl/α,β-unsaturated/α-hetero) is 1. The number of rotatable bonds is 4. The van der Waals surface area contributed by atoms with Crippen LogP contribution in [0, 0.1) is 0 Å². The van der Waals surface area contributed by atoms with E-state index in [0.717, 1.165) is 10.9 Å². The molecule has 0 unspecified atom stereocenters. The molecule has 3 heteroatoms. The average molecular weight is 324 g/mol. The molecule has 0 aliphatic rings. The van der Waals surface area contributed by atoms with E-state index in [1.165, 1.54) is 5.56 Å². The molecule has 1 nitrogen and oxygen atoms in total. The molecule has 0 radical (unpaired) electrons. The van der Waals surface area contributed by atoms with Crippen molar-refractivity contribution < 1.29 is 4.79 Å². The predicted molar refractivity (Wildman–Crippen MR) is 78.2 cm³/mol. The second-order valence-electron chi connectivity index (χ2n) is 4.04. The number of carbonyl (C=O) groups is 1. The maximum absolute atomic E-state index is 12.0. The first-order chi connectivity index (χ1) is 8.66. The van der Waals surface area contributed by atoms with E-state index >= 15 is 0 Å². The predicted octanol–water partition coefficient (Wildman–Crippen LogP) is 4.92. The number of ketones is 1. The molecule has 0 heterocycles. The summed E-state index contributed by atoms with van der Waals surface area (Å²) in [7, 11) is 0. The monoisotopic (exact) mass is 322 g/mol. The van der Waals surface area contributed by atoms with Gasteiger partial charge in [0.2, 0.25) is 0 Å². The Labute approximate surface area is 120 Å². The van der Waals surface area contributed by atoms with Gasteiger partial charge in [-0.15, -0.1) is 0 Å². The lowest BCUT2D eigenvalue weighted by Gasteiger charge is -2.03. The molecule has 0 aliphatic heterocycles. The topological polar surface area (TPSA) is 17.1 Å². The fourth-order valence-electron chi connectivity index (χ4n) is 1.72. The standard InChI is InChI=1S/C15H12BrClO/c16-13-8-7-12(10-14(13)17)15(18)9-6-11-4-2-1-3-5-11/h1-5,7-8,10H,6,9H2. The van der Waals surface area contributed by atoms with Crippen LogP contribution in [0.4, 0.5) is 0 Å². The minimum Gasteiger partial charge on any atom is -0.294 e. The molecule has 2 rings (SSSR count). The van der Waals surface area contributed by atoms with Crippen molar-refractivity contribution in [2.75, 3.05) is 0 Å². The molecule has 2 aromatic rings. The number of hydrogen-bond donors (Lipinski definition) is 0. The molecule has 0 bridgehead atoms. The third kappa shape index (κ3) is 3.44. The Morgan fingerprint density at radius 2 is 1.83 bits per heavy atom.